The van der Waals surface area contributed by atoms with E-state index < -0.39 is 34.9 Å². The van der Waals surface area contributed by atoms with E-state index in [-0.39, 0.29) is 41.9 Å². The van der Waals surface area contributed by atoms with Crippen molar-refractivity contribution in [2.24, 2.45) is 5.92 Å². The molecule has 2 fully saturated rings. The van der Waals surface area contributed by atoms with Crippen LogP contribution in [0.25, 0.3) is 0 Å². The van der Waals surface area contributed by atoms with Gasteiger partial charge in [-0.2, -0.15) is 0 Å². The second-order valence-electron chi connectivity index (χ2n) is 5.19. The first-order valence-corrected chi connectivity index (χ1v) is 11.2. The fraction of sp³-hybridized carbons (Fsp3) is 1.00. The van der Waals surface area contributed by atoms with Crippen molar-refractivity contribution in [3.05, 3.63) is 0 Å². The van der Waals surface area contributed by atoms with E-state index in [0.29, 0.717) is 6.42 Å². The molecule has 0 spiro atoms. The van der Waals surface area contributed by atoms with Gasteiger partial charge in [0.2, 0.25) is 10.0 Å². The Balaban J connectivity index is 1.92. The van der Waals surface area contributed by atoms with Gasteiger partial charge in [-0.1, -0.05) is 0 Å². The van der Waals surface area contributed by atoms with Crippen LogP contribution in [0.4, 0.5) is 0 Å². The van der Waals surface area contributed by atoms with Crippen molar-refractivity contribution in [3.8, 4) is 0 Å². The molecule has 0 aromatic heterocycles. The average molecular weight is 331 g/mol. The van der Waals surface area contributed by atoms with Crippen LogP contribution in [0.1, 0.15) is 12.8 Å². The van der Waals surface area contributed by atoms with Crippen LogP contribution >= 0.6 is 0 Å². The quantitative estimate of drug-likeness (QED) is 0.672. The number of rotatable bonds is 4. The Morgan fingerprint density at radius 3 is 2.00 bits per heavy atom. The molecule has 2 heterocycles. The summed E-state index contributed by atoms with van der Waals surface area (Å²) in [5, 5.41) is -0.907. The molecule has 0 saturated carbocycles. The maximum atomic E-state index is 11.9. The predicted octanol–water partition coefficient (Wildman–Crippen LogP) is -1.47. The molecule has 2 unspecified atom stereocenters. The normalized spacial score (nSPS) is 33.5. The third-order valence-corrected chi connectivity index (χ3v) is 9.19. The van der Waals surface area contributed by atoms with Gasteiger partial charge < -0.3 is 0 Å². The Morgan fingerprint density at radius 2 is 1.53 bits per heavy atom. The maximum absolute atomic E-state index is 11.9. The van der Waals surface area contributed by atoms with Crippen LogP contribution < -0.4 is 4.72 Å². The smallest absolute Gasteiger partial charge is 0.215 e. The molecule has 0 aromatic rings. The zero-order valence-electron chi connectivity index (χ0n) is 10.3. The molecule has 2 atom stereocenters. The van der Waals surface area contributed by atoms with Gasteiger partial charge in [-0.05, 0) is 18.8 Å². The van der Waals surface area contributed by atoms with E-state index in [0.717, 1.165) is 0 Å². The Bertz CT molecular complexity index is 648. The van der Waals surface area contributed by atoms with Crippen LogP contribution in [0, 0.1) is 5.92 Å². The lowest BCUT2D eigenvalue weighted by molar-refractivity contribution is 0.535. The summed E-state index contributed by atoms with van der Waals surface area (Å²) in [7, 11) is -9.96. The average Bonchev–Trinajstić information content (AvgIpc) is 2.79. The van der Waals surface area contributed by atoms with Gasteiger partial charge >= 0.3 is 0 Å². The van der Waals surface area contributed by atoms with Crippen LogP contribution in [0.2, 0.25) is 0 Å². The third-order valence-electron chi connectivity index (χ3n) is 3.53. The molecule has 1 N–H and O–H groups in total. The lowest BCUT2D eigenvalue weighted by Gasteiger charge is -2.13. The number of hydrogen-bond donors (Lipinski definition) is 1. The van der Waals surface area contributed by atoms with Crippen molar-refractivity contribution in [2.75, 3.05) is 29.6 Å². The highest BCUT2D eigenvalue weighted by Crippen LogP contribution is 2.20. The fourth-order valence-electron chi connectivity index (χ4n) is 2.39. The first-order chi connectivity index (χ1) is 8.60. The number of nitrogens with one attached hydrogen (secondary N) is 1. The minimum absolute atomic E-state index is 0.00150. The molecule has 0 aliphatic carbocycles. The molecule has 0 bridgehead atoms. The summed E-state index contributed by atoms with van der Waals surface area (Å²) in [6, 6.07) is 0. The van der Waals surface area contributed by atoms with Crippen molar-refractivity contribution in [3.63, 3.8) is 0 Å². The summed E-state index contributed by atoms with van der Waals surface area (Å²) in [6.07, 6.45) is 0.564. The van der Waals surface area contributed by atoms with Gasteiger partial charge in [0.15, 0.2) is 19.7 Å². The zero-order chi connectivity index (χ0) is 14.3. The maximum Gasteiger partial charge on any atom is 0.215 e. The molecule has 2 saturated heterocycles. The SMILES string of the molecule is O=S1(=O)CCC(CNS(=O)(=O)C2CCS(=O)(=O)C2)C1. The summed E-state index contributed by atoms with van der Waals surface area (Å²) >= 11 is 0. The summed E-state index contributed by atoms with van der Waals surface area (Å²) in [5.74, 6) is -0.560. The number of sulfone groups is 2. The minimum Gasteiger partial charge on any atom is -0.229 e. The van der Waals surface area contributed by atoms with E-state index in [1.165, 1.54) is 0 Å². The second-order valence-corrected chi connectivity index (χ2v) is 11.7. The van der Waals surface area contributed by atoms with Gasteiger partial charge in [0.1, 0.15) is 0 Å². The van der Waals surface area contributed by atoms with E-state index in [1.54, 1.807) is 0 Å². The summed E-state index contributed by atoms with van der Waals surface area (Å²) in [4.78, 5) is 0. The highest BCUT2D eigenvalue weighted by atomic mass is 32.2. The van der Waals surface area contributed by atoms with E-state index in [4.69, 9.17) is 0 Å². The van der Waals surface area contributed by atoms with E-state index in [2.05, 4.69) is 4.72 Å². The molecule has 2 aliphatic heterocycles. The van der Waals surface area contributed by atoms with E-state index >= 15 is 0 Å². The first-order valence-electron chi connectivity index (χ1n) is 5.99. The molecule has 10 heteroatoms. The zero-order valence-corrected chi connectivity index (χ0v) is 12.7. The highest BCUT2D eigenvalue weighted by molar-refractivity contribution is 7.95. The summed E-state index contributed by atoms with van der Waals surface area (Å²) in [6.45, 7) is 0.0676. The molecule has 19 heavy (non-hydrogen) atoms. The first kappa shape index (κ1) is 15.2. The van der Waals surface area contributed by atoms with Crippen molar-refractivity contribution in [1.82, 2.24) is 4.72 Å². The van der Waals surface area contributed by atoms with Crippen molar-refractivity contribution in [2.45, 2.75) is 18.1 Å². The lowest BCUT2D eigenvalue weighted by Crippen LogP contribution is -2.38. The van der Waals surface area contributed by atoms with Crippen LogP contribution in [0.15, 0.2) is 0 Å². The molecule has 112 valence electrons. The van der Waals surface area contributed by atoms with Crippen molar-refractivity contribution >= 4 is 29.7 Å². The monoisotopic (exact) mass is 331 g/mol. The van der Waals surface area contributed by atoms with Gasteiger partial charge in [0, 0.05) is 6.54 Å². The van der Waals surface area contributed by atoms with Gasteiger partial charge in [-0.25, -0.2) is 30.0 Å². The van der Waals surface area contributed by atoms with Gasteiger partial charge in [-0.15, -0.1) is 0 Å². The predicted molar refractivity (Wildman–Crippen MR) is 70.7 cm³/mol. The minimum atomic E-state index is -3.68. The molecule has 2 rings (SSSR count). The van der Waals surface area contributed by atoms with Crippen LogP contribution in [0.5, 0.6) is 0 Å². The summed E-state index contributed by atoms with van der Waals surface area (Å²) in [5.41, 5.74) is 0. The van der Waals surface area contributed by atoms with Gasteiger partial charge in [0.25, 0.3) is 0 Å². The fourth-order valence-corrected chi connectivity index (χ4v) is 8.42. The molecule has 0 aromatic carbocycles. The van der Waals surface area contributed by atoms with Crippen LogP contribution in [-0.2, 0) is 29.7 Å². The van der Waals surface area contributed by atoms with Gasteiger partial charge in [0.05, 0.1) is 28.3 Å². The standard InChI is InChI=1S/C9H17NO6S3/c11-17(12)3-1-8(6-17)5-10-19(15,16)9-2-4-18(13,14)7-9/h8-10H,1-7H2. The Hall–Kier alpha value is -0.190. The van der Waals surface area contributed by atoms with E-state index in [1.807, 2.05) is 0 Å². The van der Waals surface area contributed by atoms with Gasteiger partial charge in [-0.3, -0.25) is 0 Å². The molecular formula is C9H17NO6S3. The molecule has 0 radical (unpaired) electrons. The Morgan fingerprint density at radius 1 is 0.947 bits per heavy atom. The third kappa shape index (κ3) is 3.89. The molecule has 0 amide bonds. The number of hydrogen-bond acceptors (Lipinski definition) is 6. The van der Waals surface area contributed by atoms with Crippen LogP contribution in [0.3, 0.4) is 0 Å². The topological polar surface area (TPSA) is 114 Å². The highest BCUT2D eigenvalue weighted by Gasteiger charge is 2.38. The second kappa shape index (κ2) is 4.97. The number of sulfonamides is 1. The Labute approximate surface area is 113 Å². The van der Waals surface area contributed by atoms with Crippen LogP contribution in [-0.4, -0.2) is 60.1 Å². The van der Waals surface area contributed by atoms with E-state index in [9.17, 15) is 25.3 Å². The molecular weight excluding hydrogens is 314 g/mol. The van der Waals surface area contributed by atoms with Crippen molar-refractivity contribution < 1.29 is 25.3 Å². The summed E-state index contributed by atoms with van der Waals surface area (Å²) < 4.78 is 71.2. The Kier molecular flexibility index (Phi) is 3.98. The lowest BCUT2D eigenvalue weighted by atomic mass is 10.1. The van der Waals surface area contributed by atoms with Crippen molar-refractivity contribution in [1.29, 1.82) is 0 Å². The molecule has 7 nitrogen and oxygen atoms in total. The molecule has 2 aliphatic rings. The largest absolute Gasteiger partial charge is 0.229 e.